The molecular weight excluding hydrogens is 932 g/mol. The summed E-state index contributed by atoms with van der Waals surface area (Å²) in [5.74, 6) is 1.47. The van der Waals surface area contributed by atoms with Crippen molar-refractivity contribution < 1.29 is 55.2 Å². The van der Waals surface area contributed by atoms with Crippen LogP contribution >= 0.6 is 0 Å². The van der Waals surface area contributed by atoms with E-state index in [-0.39, 0.29) is 46.5 Å². The number of aromatic nitrogens is 2. The summed E-state index contributed by atoms with van der Waals surface area (Å²) in [6, 6.07) is 33.3. The number of nitrogens with one attached hydrogen (secondary N) is 2. The number of pyridine rings is 2. The van der Waals surface area contributed by atoms with Crippen LogP contribution in [-0.2, 0) is 21.7 Å². The minimum absolute atomic E-state index is 0. The molecule has 7 aromatic rings. The van der Waals surface area contributed by atoms with Gasteiger partial charge in [0.05, 0.1) is 0 Å². The molecule has 6 N–H and O–H groups in total. The predicted molar refractivity (Wildman–Crippen MR) is 294 cm³/mol. The molecule has 0 spiro atoms. The van der Waals surface area contributed by atoms with Crippen LogP contribution in [-0.4, -0.2) is 20.4 Å². The maximum Gasteiger partial charge on any atom is 0.167 e. The molecule has 0 aliphatic rings. The van der Waals surface area contributed by atoms with Crippen molar-refractivity contribution in [3.8, 4) is 23.0 Å². The normalized spacial score (nSPS) is 11.1. The number of hydrogen-bond donors (Lipinski definition) is 4. The Morgan fingerprint density at radius 3 is 0.583 bits per heavy atom. The molecule has 8 heteroatoms. The average Bonchev–Trinajstić information content (AvgIpc) is 3.29. The fourth-order valence-electron chi connectivity index (χ4n) is 8.01. The fourth-order valence-corrected chi connectivity index (χ4v) is 8.01. The van der Waals surface area contributed by atoms with Gasteiger partial charge in [0, 0.05) is 35.1 Å². The van der Waals surface area contributed by atoms with Crippen LogP contribution in [0.5, 0.6) is 23.0 Å². The molecule has 0 bridgehead atoms. The third-order valence-corrected chi connectivity index (χ3v) is 13.2. The second kappa shape index (κ2) is 26.8. The zero-order valence-corrected chi connectivity index (χ0v) is 48.6. The minimum atomic E-state index is -0.188. The van der Waals surface area contributed by atoms with Crippen molar-refractivity contribution in [2.24, 2.45) is 0 Å². The third kappa shape index (κ3) is 17.7. The van der Waals surface area contributed by atoms with E-state index in [1.165, 1.54) is 44.5 Å². The van der Waals surface area contributed by atoms with Gasteiger partial charge in [-0.15, -0.1) is 0 Å². The number of phenols is 4. The Morgan fingerprint density at radius 1 is 0.278 bits per heavy atom. The molecule has 72 heavy (non-hydrogen) atoms. The number of aromatic hydroxyl groups is 4. The average molecular weight is 1020 g/mol. The van der Waals surface area contributed by atoms with Crippen molar-refractivity contribution in [2.45, 2.75) is 160 Å². The van der Waals surface area contributed by atoms with E-state index < -0.39 is 0 Å². The Kier molecular flexibility index (Phi) is 23.9. The number of hydrogen-bond acceptors (Lipinski definition) is 4. The van der Waals surface area contributed by atoms with Crippen molar-refractivity contribution in [3.05, 3.63) is 211 Å². The number of halogens is 2. The lowest BCUT2D eigenvalue weighted by Crippen LogP contribution is -3.00. The number of aromatic amines is 2. The molecule has 0 fully saturated rings. The van der Waals surface area contributed by atoms with Gasteiger partial charge >= 0.3 is 0 Å². The van der Waals surface area contributed by atoms with Crippen molar-refractivity contribution >= 4 is 0 Å². The van der Waals surface area contributed by atoms with E-state index in [0.717, 1.165) is 44.5 Å². The number of aryl methyl sites for hydroxylation is 10. The van der Waals surface area contributed by atoms with Crippen LogP contribution in [0.3, 0.4) is 0 Å². The summed E-state index contributed by atoms with van der Waals surface area (Å²) >= 11 is 0. The summed E-state index contributed by atoms with van der Waals surface area (Å²) in [5.41, 5.74) is 17.4. The van der Waals surface area contributed by atoms with Crippen molar-refractivity contribution in [3.63, 3.8) is 0 Å². The van der Waals surface area contributed by atoms with Gasteiger partial charge in [0.2, 0.25) is 0 Å². The molecule has 0 saturated carbocycles. The van der Waals surface area contributed by atoms with E-state index in [1.807, 2.05) is 129 Å². The third-order valence-electron chi connectivity index (χ3n) is 13.2. The van der Waals surface area contributed by atoms with E-state index in [2.05, 4.69) is 142 Å². The van der Waals surface area contributed by atoms with Gasteiger partial charge in [-0.3, -0.25) is 0 Å². The number of benzene rings is 5. The molecule has 0 aliphatic carbocycles. The van der Waals surface area contributed by atoms with Gasteiger partial charge in [-0.05, 0) is 158 Å². The zero-order valence-electron chi connectivity index (χ0n) is 47.1. The second-order valence-electron chi connectivity index (χ2n) is 22.3. The molecule has 0 amide bonds. The van der Waals surface area contributed by atoms with E-state index in [0.29, 0.717) is 23.0 Å². The molecule has 5 aromatic carbocycles. The first-order valence-corrected chi connectivity index (χ1v) is 24.5. The first-order chi connectivity index (χ1) is 32.3. The summed E-state index contributed by atoms with van der Waals surface area (Å²) in [4.78, 5) is 6.01. The van der Waals surface area contributed by atoms with E-state index in [4.69, 9.17) is 0 Å². The number of phenolic OH excluding ortho intramolecular Hbond substituents is 4. The molecule has 0 atom stereocenters. The monoisotopic (exact) mass is 1020 g/mol. The highest BCUT2D eigenvalue weighted by atomic mass is 35.5. The summed E-state index contributed by atoms with van der Waals surface area (Å²) in [6.07, 6.45) is 7.84. The Morgan fingerprint density at radius 2 is 0.444 bits per heavy atom. The van der Waals surface area contributed by atoms with Crippen LogP contribution in [0.1, 0.15) is 158 Å². The maximum atomic E-state index is 9.96. The molecule has 2 aromatic heterocycles. The minimum Gasteiger partial charge on any atom is -1.00 e. The summed E-state index contributed by atoms with van der Waals surface area (Å²) < 4.78 is 0. The highest BCUT2D eigenvalue weighted by molar-refractivity contribution is 5.53. The van der Waals surface area contributed by atoms with E-state index in [1.54, 1.807) is 0 Å². The molecule has 0 saturated heterocycles. The van der Waals surface area contributed by atoms with Gasteiger partial charge in [-0.25, -0.2) is 9.97 Å². The highest BCUT2D eigenvalue weighted by Gasteiger charge is 2.27. The molecule has 390 valence electrons. The van der Waals surface area contributed by atoms with Gasteiger partial charge < -0.3 is 45.2 Å². The van der Waals surface area contributed by atoms with Crippen molar-refractivity contribution in [1.29, 1.82) is 0 Å². The quantitative estimate of drug-likeness (QED) is 0.141. The zero-order chi connectivity index (χ0) is 53.1. The van der Waals surface area contributed by atoms with Gasteiger partial charge in [0.25, 0.3) is 0 Å². The first kappa shape index (κ1) is 64.2. The van der Waals surface area contributed by atoms with Crippen LogP contribution in [0, 0.1) is 69.2 Å². The predicted octanol–water partition coefficient (Wildman–Crippen LogP) is 9.22. The molecule has 7 rings (SSSR count). The molecule has 6 nitrogen and oxygen atoms in total. The molecule has 0 radical (unpaired) electrons. The Bertz CT molecular complexity index is 2400. The Hall–Kier alpha value is -5.82. The first-order valence-electron chi connectivity index (χ1n) is 24.5. The summed E-state index contributed by atoms with van der Waals surface area (Å²) in [7, 11) is 0. The standard InChI is InChI=1S/2C19H24O2.2C9H13N.C8H10.2ClH/c2*1-11-7-15(8-12(2)17(11)20)19(5,6)16-9-13(3)18(21)14(4)10-16;2*1-9(2,3)8-4-6-10-7-5-8;1-7-3-5-8(2)6-4-7;;/h2*7-10,20-21H,1-6H3;2*4-7H,1-3H3;3-6H,1-2H3;2*1H. The van der Waals surface area contributed by atoms with Crippen LogP contribution in [0.25, 0.3) is 0 Å². The summed E-state index contributed by atoms with van der Waals surface area (Å²) in [5, 5.41) is 39.8. The molecular formula is C64H86Cl2N2O4. The van der Waals surface area contributed by atoms with Gasteiger partial charge in [0.1, 0.15) is 23.0 Å². The molecule has 0 unspecified atom stereocenters. The molecule has 0 aliphatic heterocycles. The van der Waals surface area contributed by atoms with Gasteiger partial charge in [-0.2, -0.15) is 0 Å². The molecule has 2 heterocycles. The Balaban J connectivity index is 0.000000472. The second-order valence-corrected chi connectivity index (χ2v) is 22.3. The lowest BCUT2D eigenvalue weighted by molar-refractivity contribution is -0.378. The Labute approximate surface area is 446 Å². The summed E-state index contributed by atoms with van der Waals surface area (Å²) in [6.45, 7) is 41.5. The van der Waals surface area contributed by atoms with Crippen LogP contribution in [0.15, 0.2) is 122 Å². The lowest BCUT2D eigenvalue weighted by atomic mass is 9.76. The topological polar surface area (TPSA) is 109 Å². The van der Waals surface area contributed by atoms with Gasteiger partial charge in [-0.1, -0.05) is 153 Å². The maximum absolute atomic E-state index is 9.96. The van der Waals surface area contributed by atoms with Crippen LogP contribution in [0.4, 0.5) is 0 Å². The van der Waals surface area contributed by atoms with E-state index >= 15 is 0 Å². The fraction of sp³-hybridized carbons (Fsp3) is 0.375. The SMILES string of the molecule is CC(C)(C)c1cc[nH+]cc1.CC(C)(C)c1cc[nH+]cc1.Cc1cc(C(C)(C)c2cc(C)c(O)c(C)c2)cc(C)c1O.Cc1cc(C(C)(C)c2cc(C)c(O)c(C)c2)cc(C)c1O.Cc1ccc(C)cc1.[Cl-].[Cl-]. The van der Waals surface area contributed by atoms with Crippen LogP contribution in [0.2, 0.25) is 0 Å². The smallest absolute Gasteiger partial charge is 0.167 e. The number of rotatable bonds is 4. The van der Waals surface area contributed by atoms with Crippen molar-refractivity contribution in [1.82, 2.24) is 0 Å². The van der Waals surface area contributed by atoms with E-state index in [9.17, 15) is 20.4 Å². The van der Waals surface area contributed by atoms with Crippen molar-refractivity contribution in [2.75, 3.05) is 0 Å². The largest absolute Gasteiger partial charge is 1.00 e. The highest BCUT2D eigenvalue weighted by Crippen LogP contribution is 2.39. The lowest BCUT2D eigenvalue weighted by Gasteiger charge is -2.28. The number of H-pyrrole nitrogens is 2. The van der Waals surface area contributed by atoms with Crippen LogP contribution < -0.4 is 34.8 Å². The van der Waals surface area contributed by atoms with Gasteiger partial charge in [0.15, 0.2) is 24.8 Å².